The monoisotopic (exact) mass is 412 g/mol. The van der Waals surface area contributed by atoms with E-state index in [2.05, 4.69) is 26.2 Å². The van der Waals surface area contributed by atoms with Crippen LogP contribution in [0.4, 0.5) is 0 Å². The molecular weight excluding hydrogens is 396 g/mol. The van der Waals surface area contributed by atoms with Crippen LogP contribution in [0.5, 0.6) is 0 Å². The minimum Gasteiger partial charge on any atom is -0.467 e. The molecule has 0 spiro atoms. The summed E-state index contributed by atoms with van der Waals surface area (Å²) < 4.78 is 5.76. The topological polar surface area (TPSA) is 68.3 Å². The van der Waals surface area contributed by atoms with Crippen LogP contribution in [0.1, 0.15) is 15.9 Å². The maximum atomic E-state index is 12.8. The molecule has 132 valence electrons. The van der Waals surface area contributed by atoms with E-state index in [0.717, 1.165) is 15.4 Å². The fourth-order valence-corrected chi connectivity index (χ4v) is 3.21. The van der Waals surface area contributed by atoms with Gasteiger partial charge in [-0.2, -0.15) is 0 Å². The minimum absolute atomic E-state index is 0.329. The van der Waals surface area contributed by atoms with Gasteiger partial charge < -0.3 is 10.1 Å². The molecule has 0 aliphatic rings. The Kier molecular flexibility index (Phi) is 5.63. The molecule has 5 nitrogen and oxygen atoms in total. The summed E-state index contributed by atoms with van der Waals surface area (Å²) in [6.07, 6.45) is 1.97. The number of fused-ring (bicyclic) bond motifs is 1. The summed E-state index contributed by atoms with van der Waals surface area (Å²) in [6, 6.07) is 15.9. The first-order valence-electron chi connectivity index (χ1n) is 8.05. The summed E-state index contributed by atoms with van der Waals surface area (Å²) >= 11 is 3.41. The van der Waals surface area contributed by atoms with Crippen molar-refractivity contribution in [3.63, 3.8) is 0 Å². The van der Waals surface area contributed by atoms with Gasteiger partial charge in [0.05, 0.1) is 18.2 Å². The number of para-hydroxylation sites is 1. The number of esters is 1. The van der Waals surface area contributed by atoms with Gasteiger partial charge in [0, 0.05) is 22.5 Å². The quantitative estimate of drug-likeness (QED) is 0.651. The number of nitrogens with one attached hydrogen (secondary N) is 1. The molecule has 0 radical (unpaired) electrons. The molecule has 3 rings (SSSR count). The smallest absolute Gasteiger partial charge is 0.328 e. The van der Waals surface area contributed by atoms with Gasteiger partial charge in [-0.1, -0.05) is 46.3 Å². The number of ether oxygens (including phenoxy) is 1. The lowest BCUT2D eigenvalue weighted by Gasteiger charge is -2.17. The second-order valence-electron chi connectivity index (χ2n) is 5.76. The first-order chi connectivity index (χ1) is 12.6. The van der Waals surface area contributed by atoms with Gasteiger partial charge in [0.1, 0.15) is 6.04 Å². The standard InChI is InChI=1S/C20H17BrN2O3/c1-26-20(25)17(12-13-5-2-8-15(21)11-13)23-19(24)16-9-3-6-14-7-4-10-22-18(14)16/h2-11,17H,12H2,1H3,(H,23,24)/t17-/m1/s1. The lowest BCUT2D eigenvalue weighted by molar-refractivity contribution is -0.142. The third-order valence-corrected chi connectivity index (χ3v) is 4.49. The van der Waals surface area contributed by atoms with Crippen LogP contribution in [0.15, 0.2) is 65.3 Å². The number of amides is 1. The predicted octanol–water partition coefficient (Wildman–Crippen LogP) is 3.51. The highest BCUT2D eigenvalue weighted by Gasteiger charge is 2.23. The summed E-state index contributed by atoms with van der Waals surface area (Å²) in [5, 5.41) is 3.64. The number of hydrogen-bond donors (Lipinski definition) is 1. The number of carbonyl (C=O) groups excluding carboxylic acids is 2. The largest absolute Gasteiger partial charge is 0.467 e. The lowest BCUT2D eigenvalue weighted by Crippen LogP contribution is -2.43. The van der Waals surface area contributed by atoms with E-state index in [1.54, 1.807) is 18.3 Å². The molecule has 0 saturated carbocycles. The average molecular weight is 413 g/mol. The molecule has 3 aromatic rings. The van der Waals surface area contributed by atoms with Gasteiger partial charge >= 0.3 is 5.97 Å². The van der Waals surface area contributed by atoms with Gasteiger partial charge in [0.15, 0.2) is 0 Å². The molecule has 6 heteroatoms. The van der Waals surface area contributed by atoms with E-state index in [1.807, 2.05) is 42.5 Å². The highest BCUT2D eigenvalue weighted by atomic mass is 79.9. The van der Waals surface area contributed by atoms with Crippen LogP contribution in [0, 0.1) is 0 Å². The van der Waals surface area contributed by atoms with E-state index in [1.165, 1.54) is 7.11 Å². The van der Waals surface area contributed by atoms with Crippen molar-refractivity contribution in [3.8, 4) is 0 Å². The number of halogens is 1. The number of hydrogen-bond acceptors (Lipinski definition) is 4. The zero-order valence-corrected chi connectivity index (χ0v) is 15.7. The predicted molar refractivity (Wildman–Crippen MR) is 103 cm³/mol. The summed E-state index contributed by atoms with van der Waals surface area (Å²) in [7, 11) is 1.31. The number of pyridine rings is 1. The summed E-state index contributed by atoms with van der Waals surface area (Å²) in [4.78, 5) is 29.2. The van der Waals surface area contributed by atoms with Crippen molar-refractivity contribution >= 4 is 38.7 Å². The normalized spacial score (nSPS) is 11.8. The zero-order chi connectivity index (χ0) is 18.5. The Balaban J connectivity index is 1.86. The average Bonchev–Trinajstić information content (AvgIpc) is 2.66. The number of methoxy groups -OCH3 is 1. The lowest BCUT2D eigenvalue weighted by atomic mass is 10.0. The highest BCUT2D eigenvalue weighted by molar-refractivity contribution is 9.10. The van der Waals surface area contributed by atoms with E-state index >= 15 is 0 Å². The molecule has 1 atom stereocenters. The number of nitrogens with zero attached hydrogens (tertiary/aromatic N) is 1. The molecule has 0 fully saturated rings. The Bertz CT molecular complexity index is 953. The number of aromatic nitrogens is 1. The molecule has 0 saturated heterocycles. The van der Waals surface area contributed by atoms with Crippen LogP contribution < -0.4 is 5.32 Å². The van der Waals surface area contributed by atoms with Crippen LogP contribution in [0.2, 0.25) is 0 Å². The van der Waals surface area contributed by atoms with Crippen molar-refractivity contribution in [1.82, 2.24) is 10.3 Å². The van der Waals surface area contributed by atoms with Crippen LogP contribution in [-0.2, 0) is 16.0 Å². The van der Waals surface area contributed by atoms with Gasteiger partial charge in [-0.3, -0.25) is 9.78 Å². The Morgan fingerprint density at radius 1 is 1.15 bits per heavy atom. The van der Waals surface area contributed by atoms with E-state index < -0.39 is 12.0 Å². The molecule has 0 unspecified atom stereocenters. The molecule has 26 heavy (non-hydrogen) atoms. The minimum atomic E-state index is -0.791. The van der Waals surface area contributed by atoms with Crippen molar-refractivity contribution in [2.45, 2.75) is 12.5 Å². The van der Waals surface area contributed by atoms with E-state index in [-0.39, 0.29) is 5.91 Å². The van der Waals surface area contributed by atoms with Gasteiger partial charge in [-0.05, 0) is 29.8 Å². The van der Waals surface area contributed by atoms with Gasteiger partial charge in [-0.15, -0.1) is 0 Å². The third-order valence-electron chi connectivity index (χ3n) is 4.00. The molecule has 1 aromatic heterocycles. The van der Waals surface area contributed by atoms with Crippen molar-refractivity contribution in [2.24, 2.45) is 0 Å². The van der Waals surface area contributed by atoms with Crippen molar-refractivity contribution in [2.75, 3.05) is 7.11 Å². The fourth-order valence-electron chi connectivity index (χ4n) is 2.76. The zero-order valence-electron chi connectivity index (χ0n) is 14.1. The first-order valence-corrected chi connectivity index (χ1v) is 8.84. The summed E-state index contributed by atoms with van der Waals surface area (Å²) in [6.45, 7) is 0. The van der Waals surface area contributed by atoms with Crippen LogP contribution in [-0.4, -0.2) is 30.0 Å². The Morgan fingerprint density at radius 2 is 1.92 bits per heavy atom. The molecule has 1 amide bonds. The third kappa shape index (κ3) is 4.08. The Hall–Kier alpha value is -2.73. The molecule has 1 heterocycles. The molecule has 2 aromatic carbocycles. The van der Waals surface area contributed by atoms with Crippen LogP contribution in [0.3, 0.4) is 0 Å². The van der Waals surface area contributed by atoms with Crippen molar-refractivity contribution in [1.29, 1.82) is 0 Å². The van der Waals surface area contributed by atoms with E-state index in [9.17, 15) is 9.59 Å². The molecule has 0 aliphatic heterocycles. The van der Waals surface area contributed by atoms with Gasteiger partial charge in [-0.25, -0.2) is 4.79 Å². The summed E-state index contributed by atoms with van der Waals surface area (Å²) in [5.74, 6) is -0.855. The second kappa shape index (κ2) is 8.10. The summed E-state index contributed by atoms with van der Waals surface area (Å²) in [5.41, 5.74) is 1.93. The maximum absolute atomic E-state index is 12.8. The maximum Gasteiger partial charge on any atom is 0.328 e. The van der Waals surface area contributed by atoms with Gasteiger partial charge in [0.2, 0.25) is 0 Å². The van der Waals surface area contributed by atoms with E-state index in [0.29, 0.717) is 17.5 Å². The highest BCUT2D eigenvalue weighted by Crippen LogP contribution is 2.17. The van der Waals surface area contributed by atoms with Crippen molar-refractivity contribution < 1.29 is 14.3 Å². The number of benzene rings is 2. The molecular formula is C20H17BrN2O3. The molecule has 1 N–H and O–H groups in total. The van der Waals surface area contributed by atoms with E-state index in [4.69, 9.17) is 4.74 Å². The number of rotatable bonds is 5. The van der Waals surface area contributed by atoms with Gasteiger partial charge in [0.25, 0.3) is 5.91 Å². The molecule has 0 aliphatic carbocycles. The van der Waals surface area contributed by atoms with Crippen LogP contribution >= 0.6 is 15.9 Å². The first kappa shape index (κ1) is 18.1. The SMILES string of the molecule is COC(=O)[C@@H](Cc1cccc(Br)c1)NC(=O)c1cccc2cccnc12. The molecule has 0 bridgehead atoms. The van der Waals surface area contributed by atoms with Crippen LogP contribution in [0.25, 0.3) is 10.9 Å². The Morgan fingerprint density at radius 3 is 2.69 bits per heavy atom. The Labute approximate surface area is 159 Å². The second-order valence-corrected chi connectivity index (χ2v) is 6.68. The van der Waals surface area contributed by atoms with Crippen molar-refractivity contribution in [3.05, 3.63) is 76.4 Å². The number of carbonyl (C=O) groups is 2. The fraction of sp³-hybridized carbons (Fsp3) is 0.150.